The van der Waals surface area contributed by atoms with E-state index in [1.807, 2.05) is 0 Å². The van der Waals surface area contributed by atoms with E-state index in [4.69, 9.17) is 11.6 Å². The van der Waals surface area contributed by atoms with Crippen LogP contribution in [0.15, 0.2) is 12.4 Å². The molecule has 1 aromatic heterocycles. The molecule has 10 heavy (non-hydrogen) atoms. The fourth-order valence-corrected chi connectivity index (χ4v) is 0.566. The standard InChI is InChI=1S/C5H5ClN3O/c1-9(10)4-2-7-5(6)8-3-4/h2-3H,1H3/q+1. The summed E-state index contributed by atoms with van der Waals surface area (Å²) >= 11 is 5.37. The fourth-order valence-electron chi connectivity index (χ4n) is 0.468. The van der Waals surface area contributed by atoms with E-state index >= 15 is 0 Å². The first-order valence-corrected chi connectivity index (χ1v) is 2.96. The topological polar surface area (TPSA) is 45.9 Å². The Hall–Kier alpha value is -1.03. The van der Waals surface area contributed by atoms with E-state index in [2.05, 4.69) is 9.97 Å². The SMILES string of the molecule is C[N+](=O)c1cnc(Cl)nc1. The lowest BCUT2D eigenvalue weighted by atomic mass is 10.5. The van der Waals surface area contributed by atoms with E-state index in [0.29, 0.717) is 10.4 Å². The van der Waals surface area contributed by atoms with Gasteiger partial charge in [-0.2, -0.15) is 0 Å². The first kappa shape index (κ1) is 7.08. The molecule has 52 valence electrons. The van der Waals surface area contributed by atoms with Crippen LogP contribution in [0.1, 0.15) is 0 Å². The molecule has 0 N–H and O–H groups in total. The Kier molecular flexibility index (Phi) is 1.91. The second-order valence-corrected chi connectivity index (χ2v) is 2.05. The van der Waals surface area contributed by atoms with Gasteiger partial charge in [0.1, 0.15) is 12.4 Å². The van der Waals surface area contributed by atoms with Crippen molar-refractivity contribution in [1.29, 1.82) is 0 Å². The van der Waals surface area contributed by atoms with E-state index in [1.165, 1.54) is 19.4 Å². The number of hydrogen-bond donors (Lipinski definition) is 0. The van der Waals surface area contributed by atoms with Crippen LogP contribution in [0.5, 0.6) is 0 Å². The third-order valence-corrected chi connectivity index (χ3v) is 1.17. The van der Waals surface area contributed by atoms with Crippen LogP contribution >= 0.6 is 11.6 Å². The van der Waals surface area contributed by atoms with Gasteiger partial charge in [-0.05, 0) is 11.6 Å². The maximum absolute atomic E-state index is 10.6. The van der Waals surface area contributed by atoms with Gasteiger partial charge in [0.25, 0.3) is 5.69 Å². The summed E-state index contributed by atoms with van der Waals surface area (Å²) in [6, 6.07) is 0. The molecule has 0 saturated heterocycles. The van der Waals surface area contributed by atoms with Gasteiger partial charge in [-0.15, -0.1) is 0 Å². The van der Waals surface area contributed by atoms with Gasteiger partial charge in [-0.3, -0.25) is 0 Å². The highest BCUT2D eigenvalue weighted by Crippen LogP contribution is 2.06. The molecule has 1 aromatic rings. The largest absolute Gasteiger partial charge is 0.292 e. The quantitative estimate of drug-likeness (QED) is 0.455. The second-order valence-electron chi connectivity index (χ2n) is 1.71. The zero-order valence-corrected chi connectivity index (χ0v) is 6.04. The first-order chi connectivity index (χ1) is 4.70. The molecule has 1 rings (SSSR count). The van der Waals surface area contributed by atoms with Gasteiger partial charge in [0, 0.05) is 9.67 Å². The van der Waals surface area contributed by atoms with Gasteiger partial charge >= 0.3 is 0 Å². The lowest BCUT2D eigenvalue weighted by Gasteiger charge is -1.85. The van der Waals surface area contributed by atoms with Crippen molar-refractivity contribution in [2.45, 2.75) is 0 Å². The average molecular weight is 159 g/mol. The number of rotatable bonds is 1. The molecule has 5 heteroatoms. The lowest BCUT2D eigenvalue weighted by molar-refractivity contribution is -0.428. The summed E-state index contributed by atoms with van der Waals surface area (Å²) in [4.78, 5) is 17.8. The molecular weight excluding hydrogens is 154 g/mol. The normalized spacial score (nSPS) is 9.40. The number of aromatic nitrogens is 2. The van der Waals surface area contributed by atoms with Crippen LogP contribution in [0.4, 0.5) is 5.69 Å². The minimum absolute atomic E-state index is 0.144. The fraction of sp³-hybridized carbons (Fsp3) is 0.200. The van der Waals surface area contributed by atoms with Crippen molar-refractivity contribution in [2.24, 2.45) is 0 Å². The molecule has 0 atom stereocenters. The molecule has 0 aromatic carbocycles. The van der Waals surface area contributed by atoms with Gasteiger partial charge in [-0.1, -0.05) is 0 Å². The molecule has 4 nitrogen and oxygen atoms in total. The highest BCUT2D eigenvalue weighted by atomic mass is 35.5. The van der Waals surface area contributed by atoms with Crippen LogP contribution in [0, 0.1) is 4.91 Å². The van der Waals surface area contributed by atoms with Crippen LogP contribution in [-0.2, 0) is 0 Å². The van der Waals surface area contributed by atoms with Crippen molar-refractivity contribution in [3.63, 3.8) is 0 Å². The summed E-state index contributed by atoms with van der Waals surface area (Å²) in [5, 5.41) is 0.144. The average Bonchev–Trinajstić information content (AvgIpc) is 1.88. The molecule has 0 spiro atoms. The minimum Gasteiger partial charge on any atom is -0.219 e. The molecule has 0 aliphatic rings. The Labute approximate surface area is 62.4 Å². The second kappa shape index (κ2) is 2.70. The molecule has 0 aliphatic carbocycles. The van der Waals surface area contributed by atoms with Crippen molar-refractivity contribution in [3.8, 4) is 0 Å². The number of hydrogen-bond acceptors (Lipinski definition) is 3. The molecule has 0 amide bonds. The van der Waals surface area contributed by atoms with E-state index < -0.39 is 0 Å². The summed E-state index contributed by atoms with van der Waals surface area (Å²) in [5.74, 6) is 0. The summed E-state index contributed by atoms with van der Waals surface area (Å²) in [5.41, 5.74) is 0.393. The van der Waals surface area contributed by atoms with Crippen molar-refractivity contribution in [3.05, 3.63) is 22.6 Å². The van der Waals surface area contributed by atoms with Crippen molar-refractivity contribution in [1.82, 2.24) is 9.97 Å². The molecule has 0 fully saturated rings. The van der Waals surface area contributed by atoms with E-state index in [1.54, 1.807) is 0 Å². The van der Waals surface area contributed by atoms with Crippen LogP contribution in [0.2, 0.25) is 5.28 Å². The lowest BCUT2D eigenvalue weighted by Crippen LogP contribution is -1.92. The van der Waals surface area contributed by atoms with Crippen molar-refractivity contribution in [2.75, 3.05) is 7.05 Å². The number of halogens is 1. The predicted molar refractivity (Wildman–Crippen MR) is 36.3 cm³/mol. The molecule has 0 bridgehead atoms. The zero-order chi connectivity index (χ0) is 7.56. The Bertz CT molecular complexity index is 246. The Morgan fingerprint density at radius 1 is 1.50 bits per heavy atom. The van der Waals surface area contributed by atoms with Crippen LogP contribution in [0.25, 0.3) is 0 Å². The Morgan fingerprint density at radius 3 is 2.40 bits per heavy atom. The summed E-state index contributed by atoms with van der Waals surface area (Å²) in [6.07, 6.45) is 2.73. The monoisotopic (exact) mass is 158 g/mol. The van der Waals surface area contributed by atoms with Crippen molar-refractivity contribution >= 4 is 17.3 Å². The summed E-state index contributed by atoms with van der Waals surface area (Å²) in [6.45, 7) is 0. The van der Waals surface area contributed by atoms with E-state index in [-0.39, 0.29) is 5.28 Å². The first-order valence-electron chi connectivity index (χ1n) is 2.58. The molecule has 0 radical (unpaired) electrons. The van der Waals surface area contributed by atoms with Crippen LogP contribution < -0.4 is 0 Å². The third-order valence-electron chi connectivity index (χ3n) is 0.970. The van der Waals surface area contributed by atoms with Gasteiger partial charge in [0.15, 0.2) is 7.05 Å². The molecule has 1 heterocycles. The van der Waals surface area contributed by atoms with Crippen molar-refractivity contribution < 1.29 is 4.76 Å². The highest BCUT2D eigenvalue weighted by Gasteiger charge is 2.05. The van der Waals surface area contributed by atoms with Gasteiger partial charge in [-0.25, -0.2) is 9.97 Å². The van der Waals surface area contributed by atoms with Crippen LogP contribution in [-0.4, -0.2) is 21.8 Å². The molecular formula is C5H5ClN3O+. The Morgan fingerprint density at radius 2 is 2.00 bits per heavy atom. The summed E-state index contributed by atoms with van der Waals surface area (Å²) < 4.78 is 0.663. The number of nitroso groups, excluding NO2 is 1. The smallest absolute Gasteiger partial charge is 0.219 e. The van der Waals surface area contributed by atoms with Gasteiger partial charge < -0.3 is 0 Å². The van der Waals surface area contributed by atoms with Crippen LogP contribution in [0.3, 0.4) is 0 Å². The van der Waals surface area contributed by atoms with Gasteiger partial charge in [0.2, 0.25) is 5.28 Å². The Balaban J connectivity index is 3.00. The maximum Gasteiger partial charge on any atom is 0.292 e. The zero-order valence-electron chi connectivity index (χ0n) is 5.28. The molecule has 0 saturated carbocycles. The third kappa shape index (κ3) is 1.48. The summed E-state index contributed by atoms with van der Waals surface area (Å²) in [7, 11) is 1.37. The van der Waals surface area contributed by atoms with E-state index in [0.717, 1.165) is 0 Å². The van der Waals surface area contributed by atoms with Gasteiger partial charge in [0.05, 0.1) is 0 Å². The highest BCUT2D eigenvalue weighted by molar-refractivity contribution is 6.28. The van der Waals surface area contributed by atoms with E-state index in [9.17, 15) is 4.91 Å². The maximum atomic E-state index is 10.6. The number of nitrogens with zero attached hydrogens (tertiary/aromatic N) is 3. The predicted octanol–water partition coefficient (Wildman–Crippen LogP) is 1.17. The molecule has 0 unspecified atom stereocenters. The minimum atomic E-state index is 0.144. The molecule has 0 aliphatic heterocycles.